The molecule has 1 aliphatic heterocycles. The number of Topliss-reactive ketones (excluding diaryl/α,β-unsaturated/α-hetero) is 1. The van der Waals surface area contributed by atoms with Crippen molar-refractivity contribution in [2.45, 2.75) is 75.4 Å². The highest BCUT2D eigenvalue weighted by Gasteiger charge is 2.37. The van der Waals surface area contributed by atoms with Crippen LogP contribution >= 0.6 is 11.3 Å². The second-order valence-corrected chi connectivity index (χ2v) is 12.9. The first-order valence-electron chi connectivity index (χ1n) is 13.0. The van der Waals surface area contributed by atoms with Gasteiger partial charge < -0.3 is 15.8 Å². The summed E-state index contributed by atoms with van der Waals surface area (Å²) in [6.07, 6.45) is 7.50. The maximum Gasteiger partial charge on any atom is 0.323 e. The zero-order valence-corrected chi connectivity index (χ0v) is 23.1. The summed E-state index contributed by atoms with van der Waals surface area (Å²) in [5.41, 5.74) is 0.836. The van der Waals surface area contributed by atoms with Crippen LogP contribution in [0.2, 0.25) is 0 Å². The molecule has 10 nitrogen and oxygen atoms in total. The van der Waals surface area contributed by atoms with Crippen LogP contribution in [0.25, 0.3) is 0 Å². The van der Waals surface area contributed by atoms with Crippen molar-refractivity contribution in [1.82, 2.24) is 14.9 Å². The molecule has 12 heteroatoms. The minimum atomic E-state index is -4.19. The number of nitrogens with zero attached hydrogens (tertiary/aromatic N) is 2. The summed E-state index contributed by atoms with van der Waals surface area (Å²) in [4.78, 5) is 40.0. The molecular formula is C26H34N4O6S2. The van der Waals surface area contributed by atoms with Crippen LogP contribution in [-0.4, -0.2) is 55.5 Å². The first-order valence-corrected chi connectivity index (χ1v) is 15.3. The van der Waals surface area contributed by atoms with Gasteiger partial charge in [0.05, 0.1) is 17.5 Å². The minimum Gasteiger partial charge on any atom is -0.618 e. The molecule has 1 aliphatic carbocycles. The second-order valence-electron chi connectivity index (χ2n) is 10.1. The van der Waals surface area contributed by atoms with Crippen LogP contribution in [0.1, 0.15) is 66.6 Å². The Hall–Kier alpha value is -2.83. The third-order valence-corrected chi connectivity index (χ3v) is 10.2. The Labute approximate surface area is 227 Å². The topological polar surface area (TPSA) is 140 Å². The van der Waals surface area contributed by atoms with Crippen LogP contribution in [-0.2, 0) is 19.6 Å². The van der Waals surface area contributed by atoms with Crippen LogP contribution in [0.4, 0.5) is 0 Å². The minimum absolute atomic E-state index is 0.0508. The van der Waals surface area contributed by atoms with Gasteiger partial charge in [0.25, 0.3) is 5.91 Å². The lowest BCUT2D eigenvalue weighted by Gasteiger charge is -2.28. The normalized spacial score (nSPS) is 20.4. The number of ketones is 1. The maximum atomic E-state index is 13.4. The first kappa shape index (κ1) is 28.2. The molecule has 3 heterocycles. The Kier molecular flexibility index (Phi) is 9.16. The largest absolute Gasteiger partial charge is 0.618 e. The molecule has 0 unspecified atom stereocenters. The summed E-state index contributed by atoms with van der Waals surface area (Å²) >= 11 is 1.31. The van der Waals surface area contributed by atoms with Gasteiger partial charge in [-0.2, -0.15) is 9.04 Å². The summed E-state index contributed by atoms with van der Waals surface area (Å²) in [7, 11) is -4.19. The molecule has 2 amide bonds. The van der Waals surface area contributed by atoms with Crippen molar-refractivity contribution in [3.8, 4) is 0 Å². The molecule has 2 atom stereocenters. The molecule has 2 N–H and O–H groups in total. The van der Waals surface area contributed by atoms with E-state index in [1.807, 2.05) is 18.4 Å². The summed E-state index contributed by atoms with van der Waals surface area (Å²) in [6, 6.07) is 4.24. The third kappa shape index (κ3) is 6.59. The van der Waals surface area contributed by atoms with E-state index in [-0.39, 0.29) is 23.6 Å². The van der Waals surface area contributed by atoms with Crippen molar-refractivity contribution >= 4 is 39.0 Å². The van der Waals surface area contributed by atoms with Crippen molar-refractivity contribution < 1.29 is 27.5 Å². The van der Waals surface area contributed by atoms with E-state index in [0.29, 0.717) is 23.6 Å². The molecular weight excluding hydrogens is 528 g/mol. The average Bonchev–Trinajstić information content (AvgIpc) is 3.24. The number of amides is 2. The molecule has 2 aromatic heterocycles. The molecule has 0 bridgehead atoms. The number of aromatic nitrogens is 1. The van der Waals surface area contributed by atoms with E-state index >= 15 is 0 Å². The van der Waals surface area contributed by atoms with Gasteiger partial charge >= 0.3 is 15.0 Å². The fourth-order valence-electron chi connectivity index (χ4n) is 5.19. The zero-order chi connectivity index (χ0) is 27.3. The number of aryl methyl sites for hydroxylation is 1. The molecule has 2 aliphatic rings. The van der Waals surface area contributed by atoms with Crippen LogP contribution in [0, 0.1) is 18.0 Å². The number of rotatable bonds is 8. The standard InChI is InChI=1S/C26H34N4O6S2/c1-18-12-15-37-24(18)26(33)28-21(16-19-8-3-2-4-9-19)25(32)27-20-10-7-13-29(17-22(20)31)38(35,36)23-11-5-6-14-30(23)34/h5-6,11-12,14-15,19-21H,2-4,7-10,13,16-17H2,1H3,(H,27,32)(H,28,33)/t20-,21+/m1/s1. The Morgan fingerprint density at radius 3 is 2.61 bits per heavy atom. The molecule has 1 saturated heterocycles. The molecule has 4 rings (SSSR count). The summed E-state index contributed by atoms with van der Waals surface area (Å²) in [6.45, 7) is 1.45. The predicted molar refractivity (Wildman–Crippen MR) is 142 cm³/mol. The third-order valence-electron chi connectivity index (χ3n) is 7.31. The number of pyridine rings is 1. The second kappa shape index (κ2) is 12.4. The Bertz CT molecular complexity index is 1270. The van der Waals surface area contributed by atoms with E-state index in [9.17, 15) is 28.0 Å². The number of carbonyl (C=O) groups is 3. The smallest absolute Gasteiger partial charge is 0.323 e. The molecule has 206 valence electrons. The Morgan fingerprint density at radius 2 is 1.92 bits per heavy atom. The fourth-order valence-corrected chi connectivity index (χ4v) is 7.49. The van der Waals surface area contributed by atoms with Gasteiger partial charge in [-0.25, -0.2) is 8.42 Å². The summed E-state index contributed by atoms with van der Waals surface area (Å²) in [5.74, 6) is -0.899. The highest BCUT2D eigenvalue weighted by molar-refractivity contribution is 7.89. The van der Waals surface area contributed by atoms with Crippen LogP contribution in [0.3, 0.4) is 0 Å². The molecule has 0 spiro atoms. The van der Waals surface area contributed by atoms with E-state index in [0.717, 1.165) is 41.7 Å². The fraction of sp³-hybridized carbons (Fsp3) is 0.538. The predicted octanol–water partition coefficient (Wildman–Crippen LogP) is 2.30. The maximum absolute atomic E-state index is 13.4. The number of sulfonamides is 1. The van der Waals surface area contributed by atoms with Gasteiger partial charge in [-0.05, 0) is 55.2 Å². The quantitative estimate of drug-likeness (QED) is 0.374. The average molecular weight is 563 g/mol. The van der Waals surface area contributed by atoms with E-state index in [1.165, 1.54) is 36.0 Å². The number of carbonyl (C=O) groups excluding carboxylic acids is 3. The van der Waals surface area contributed by atoms with Crippen LogP contribution in [0.15, 0.2) is 40.9 Å². The van der Waals surface area contributed by atoms with Gasteiger partial charge in [-0.15, -0.1) is 11.3 Å². The number of thiophene rings is 1. The van der Waals surface area contributed by atoms with Crippen molar-refractivity contribution in [3.05, 3.63) is 51.5 Å². The van der Waals surface area contributed by atoms with Gasteiger partial charge in [-0.3, -0.25) is 14.4 Å². The lowest BCUT2D eigenvalue weighted by Crippen LogP contribution is -2.53. The van der Waals surface area contributed by atoms with Gasteiger partial charge in [0.2, 0.25) is 5.91 Å². The number of hydrogen-bond donors (Lipinski definition) is 2. The first-order chi connectivity index (χ1) is 18.2. The van der Waals surface area contributed by atoms with Crippen molar-refractivity contribution in [3.63, 3.8) is 0 Å². The number of hydrogen-bond acceptors (Lipinski definition) is 7. The van der Waals surface area contributed by atoms with E-state index in [4.69, 9.17) is 0 Å². The lowest BCUT2D eigenvalue weighted by molar-refractivity contribution is -0.646. The molecule has 0 aromatic carbocycles. The van der Waals surface area contributed by atoms with Crippen LogP contribution < -0.4 is 15.4 Å². The molecule has 0 radical (unpaired) electrons. The SMILES string of the molecule is Cc1ccsc1C(=O)N[C@@H](CC1CCCCC1)C(=O)N[C@@H]1CCCN(S(=O)(=O)c2cccc[n+]2[O-])CC1=O. The molecule has 38 heavy (non-hydrogen) atoms. The van der Waals surface area contributed by atoms with Crippen molar-refractivity contribution in [1.29, 1.82) is 0 Å². The van der Waals surface area contributed by atoms with Gasteiger partial charge in [0, 0.05) is 18.7 Å². The Balaban J connectivity index is 1.46. The summed E-state index contributed by atoms with van der Waals surface area (Å²) < 4.78 is 27.3. The Morgan fingerprint density at radius 1 is 1.16 bits per heavy atom. The molecule has 1 saturated carbocycles. The van der Waals surface area contributed by atoms with E-state index in [1.54, 1.807) is 0 Å². The van der Waals surface area contributed by atoms with Gasteiger partial charge in [0.15, 0.2) is 12.0 Å². The van der Waals surface area contributed by atoms with Crippen molar-refractivity contribution in [2.75, 3.05) is 13.1 Å². The highest BCUT2D eigenvalue weighted by atomic mass is 32.2. The monoisotopic (exact) mass is 562 g/mol. The molecule has 2 fully saturated rings. The van der Waals surface area contributed by atoms with E-state index in [2.05, 4.69) is 10.6 Å². The zero-order valence-electron chi connectivity index (χ0n) is 21.4. The van der Waals surface area contributed by atoms with Crippen LogP contribution in [0.5, 0.6) is 0 Å². The van der Waals surface area contributed by atoms with Gasteiger partial charge in [-0.1, -0.05) is 32.1 Å². The number of nitrogens with one attached hydrogen (secondary N) is 2. The van der Waals surface area contributed by atoms with E-state index < -0.39 is 45.4 Å². The lowest BCUT2D eigenvalue weighted by atomic mass is 9.84. The van der Waals surface area contributed by atoms with Crippen molar-refractivity contribution in [2.24, 2.45) is 5.92 Å². The van der Waals surface area contributed by atoms with Gasteiger partial charge in [0.1, 0.15) is 6.04 Å². The molecule has 2 aromatic rings. The highest BCUT2D eigenvalue weighted by Crippen LogP contribution is 2.28. The summed E-state index contributed by atoms with van der Waals surface area (Å²) in [5, 5.41) is 19.1.